The van der Waals surface area contributed by atoms with Crippen molar-refractivity contribution in [3.8, 4) is 0 Å². The Balaban J connectivity index is 3.25. The molecule has 0 aliphatic heterocycles. The second kappa shape index (κ2) is 16.8. The van der Waals surface area contributed by atoms with E-state index in [9.17, 15) is 4.79 Å². The summed E-state index contributed by atoms with van der Waals surface area (Å²) in [5.41, 5.74) is 0. The molecule has 0 heterocycles. The molecule has 0 rings (SSSR count). The van der Waals surface area contributed by atoms with E-state index in [2.05, 4.69) is 19.1 Å². The molecule has 0 saturated heterocycles. The molecular formula is C20H39ClO2Sn. The molecule has 0 aromatic carbocycles. The zero-order chi connectivity index (χ0) is 18.1. The zero-order valence-electron chi connectivity index (χ0n) is 16.2. The Morgan fingerprint density at radius 2 is 1.29 bits per heavy atom. The molecule has 0 aromatic heterocycles. The number of hydrogen-bond acceptors (Lipinski definition) is 2. The fraction of sp³-hybridized carbons (Fsp3) is 0.850. The van der Waals surface area contributed by atoms with Crippen molar-refractivity contribution in [3.63, 3.8) is 0 Å². The third kappa shape index (κ3) is 20.3. The summed E-state index contributed by atoms with van der Waals surface area (Å²) in [6.45, 7) is 2.26. The molecule has 2 nitrogen and oxygen atoms in total. The quantitative estimate of drug-likeness (QED) is 0.134. The van der Waals surface area contributed by atoms with Crippen molar-refractivity contribution < 1.29 is 7.87 Å². The van der Waals surface area contributed by atoms with Gasteiger partial charge in [-0.2, -0.15) is 0 Å². The van der Waals surface area contributed by atoms with Crippen molar-refractivity contribution in [2.24, 2.45) is 0 Å². The van der Waals surface area contributed by atoms with Gasteiger partial charge < -0.3 is 0 Å². The molecule has 142 valence electrons. The minimum absolute atomic E-state index is 0.0940. The molecule has 0 unspecified atom stereocenters. The standard InChI is InChI=1S/C18H34O2.2CH3.ClH.Sn/c1-2-3-4-5-6-7-8-9-10-11-12-13-14-15-16-17-18(19)20;;;;/h9-10H,2-8,11-17H2,1H3,(H,19,20);2*1H3;1H;/q;;;;+2/p-2/b10-9-;;;;. The van der Waals surface area contributed by atoms with E-state index in [1.54, 1.807) is 0 Å². The molecule has 0 spiro atoms. The maximum absolute atomic E-state index is 11.5. The summed E-state index contributed by atoms with van der Waals surface area (Å²) in [6, 6.07) is 0. The van der Waals surface area contributed by atoms with Gasteiger partial charge in [-0.05, 0) is 6.42 Å². The minimum atomic E-state index is -2.90. The molecule has 0 aromatic rings. The number of unbranched alkanes of at least 4 members (excludes halogenated alkanes) is 11. The molecule has 0 bridgehead atoms. The average Bonchev–Trinajstić information content (AvgIpc) is 2.49. The van der Waals surface area contributed by atoms with Gasteiger partial charge in [-0.15, -0.1) is 0 Å². The summed E-state index contributed by atoms with van der Waals surface area (Å²) in [4.78, 5) is 15.3. The molecule has 0 radical (unpaired) electrons. The first kappa shape index (κ1) is 24.3. The second-order valence-electron chi connectivity index (χ2n) is 7.17. The van der Waals surface area contributed by atoms with Gasteiger partial charge >= 0.3 is 114 Å². The third-order valence-corrected chi connectivity index (χ3v) is 6.55. The van der Waals surface area contributed by atoms with Crippen LogP contribution in [-0.2, 0) is 7.87 Å². The molecule has 24 heavy (non-hydrogen) atoms. The van der Waals surface area contributed by atoms with E-state index in [0.717, 1.165) is 12.8 Å². The second-order valence-corrected chi connectivity index (χ2v) is 21.6. The summed E-state index contributed by atoms with van der Waals surface area (Å²) < 4.78 is 5.28. The SMILES string of the molecule is CCCCCCCC/C=C\CCCCCCCC(=O)[O][Sn]([CH3])([CH3])[Cl]. The van der Waals surface area contributed by atoms with Crippen LogP contribution in [0.15, 0.2) is 12.2 Å². The van der Waals surface area contributed by atoms with Crippen LogP contribution in [0, 0.1) is 0 Å². The van der Waals surface area contributed by atoms with E-state index in [1.807, 2.05) is 9.88 Å². The van der Waals surface area contributed by atoms with Gasteiger partial charge in [0, 0.05) is 0 Å². The molecule has 0 amide bonds. The van der Waals surface area contributed by atoms with Crippen LogP contribution in [0.2, 0.25) is 9.88 Å². The van der Waals surface area contributed by atoms with E-state index >= 15 is 0 Å². The first-order valence-electron chi connectivity index (χ1n) is 10.0. The Labute approximate surface area is 158 Å². The van der Waals surface area contributed by atoms with Gasteiger partial charge in [0.25, 0.3) is 0 Å². The third-order valence-electron chi connectivity index (χ3n) is 4.00. The monoisotopic (exact) mass is 466 g/mol. The van der Waals surface area contributed by atoms with Gasteiger partial charge in [-0.3, -0.25) is 0 Å². The van der Waals surface area contributed by atoms with E-state index in [4.69, 9.17) is 12.0 Å². The Morgan fingerprint density at radius 1 is 0.833 bits per heavy atom. The summed E-state index contributed by atoms with van der Waals surface area (Å²) >= 11 is -2.90. The van der Waals surface area contributed by atoms with Crippen LogP contribution in [0.1, 0.15) is 96.8 Å². The van der Waals surface area contributed by atoms with Crippen molar-refractivity contribution >= 4 is 32.6 Å². The molecule has 0 aliphatic carbocycles. The maximum atomic E-state index is 11.5. The van der Waals surface area contributed by atoms with Crippen molar-refractivity contribution in [1.82, 2.24) is 0 Å². The van der Waals surface area contributed by atoms with E-state index < -0.39 is 17.7 Å². The Morgan fingerprint density at radius 3 is 1.79 bits per heavy atom. The number of carbonyl (C=O) groups excluding carboxylic acids is 1. The molecule has 0 fully saturated rings. The molecular weight excluding hydrogens is 426 g/mol. The van der Waals surface area contributed by atoms with Crippen molar-refractivity contribution in [2.75, 3.05) is 0 Å². The van der Waals surface area contributed by atoms with Crippen molar-refractivity contribution in [2.45, 2.75) is 107 Å². The fourth-order valence-corrected chi connectivity index (χ4v) is 5.08. The van der Waals surface area contributed by atoms with Gasteiger partial charge in [0.2, 0.25) is 0 Å². The van der Waals surface area contributed by atoms with Crippen molar-refractivity contribution in [1.29, 1.82) is 0 Å². The van der Waals surface area contributed by atoms with Gasteiger partial charge in [0.05, 0.1) is 0 Å². The first-order valence-corrected chi connectivity index (χ1v) is 20.5. The van der Waals surface area contributed by atoms with Gasteiger partial charge in [0.1, 0.15) is 0 Å². The zero-order valence-corrected chi connectivity index (χ0v) is 19.9. The van der Waals surface area contributed by atoms with E-state index in [1.165, 1.54) is 70.6 Å². The van der Waals surface area contributed by atoms with Crippen LogP contribution < -0.4 is 0 Å². The predicted octanol–water partition coefficient (Wildman–Crippen LogP) is 7.51. The van der Waals surface area contributed by atoms with Crippen LogP contribution in [0.5, 0.6) is 0 Å². The Bertz CT molecular complexity index is 324. The van der Waals surface area contributed by atoms with Gasteiger partial charge in [-0.25, -0.2) is 0 Å². The van der Waals surface area contributed by atoms with Crippen LogP contribution in [0.3, 0.4) is 0 Å². The molecule has 0 atom stereocenters. The van der Waals surface area contributed by atoms with Crippen LogP contribution in [0.4, 0.5) is 0 Å². The fourth-order valence-electron chi connectivity index (χ4n) is 2.66. The van der Waals surface area contributed by atoms with E-state index in [-0.39, 0.29) is 5.97 Å². The number of carbonyl (C=O) groups is 1. The van der Waals surface area contributed by atoms with Crippen LogP contribution in [0.25, 0.3) is 0 Å². The van der Waals surface area contributed by atoms with Gasteiger partial charge in [0.15, 0.2) is 0 Å². The number of rotatable bonds is 16. The van der Waals surface area contributed by atoms with Crippen molar-refractivity contribution in [3.05, 3.63) is 12.2 Å². The normalized spacial score (nSPS) is 12.0. The topological polar surface area (TPSA) is 26.3 Å². The number of allylic oxidation sites excluding steroid dienone is 2. The van der Waals surface area contributed by atoms with Gasteiger partial charge in [-0.1, -0.05) is 39.0 Å². The molecule has 0 saturated carbocycles. The molecule has 0 aliphatic rings. The predicted molar refractivity (Wildman–Crippen MR) is 109 cm³/mol. The van der Waals surface area contributed by atoms with Crippen LogP contribution in [-0.4, -0.2) is 23.6 Å². The Kier molecular flexibility index (Phi) is 17.0. The number of hydrogen-bond donors (Lipinski definition) is 0. The Hall–Kier alpha value is 0.299. The average molecular weight is 466 g/mol. The van der Waals surface area contributed by atoms with E-state index in [0.29, 0.717) is 6.42 Å². The summed E-state index contributed by atoms with van der Waals surface area (Å²) in [5.74, 6) is -0.0940. The summed E-state index contributed by atoms with van der Waals surface area (Å²) in [7, 11) is 6.06. The van der Waals surface area contributed by atoms with Crippen LogP contribution >= 0.6 is 8.92 Å². The summed E-state index contributed by atoms with van der Waals surface area (Å²) in [6.07, 6.45) is 21.7. The first-order chi connectivity index (χ1) is 11.5. The molecule has 0 N–H and O–H groups in total. The number of halogens is 1. The molecule has 4 heteroatoms. The summed E-state index contributed by atoms with van der Waals surface area (Å²) in [5, 5.41) is 0.